The molecule has 2 aliphatic rings. The Morgan fingerprint density at radius 3 is 2.70 bits per heavy atom. The first-order valence-corrected chi connectivity index (χ1v) is 8.94. The number of alkyl halides is 1. The monoisotopic (exact) mass is 430 g/mol. The number of carboxylic acids is 1. The number of aliphatic carboxylic acids is 1. The third kappa shape index (κ3) is 3.10. The van der Waals surface area contributed by atoms with E-state index in [1.807, 2.05) is 30.3 Å². The summed E-state index contributed by atoms with van der Waals surface area (Å²) in [6, 6.07) is 9.84. The summed E-state index contributed by atoms with van der Waals surface area (Å²) in [4.78, 5) is 23.3. The van der Waals surface area contributed by atoms with Gasteiger partial charge in [0, 0.05) is 5.92 Å². The highest BCUT2D eigenvalue weighted by Gasteiger charge is 2.61. The molecule has 1 aliphatic carbocycles. The van der Waals surface area contributed by atoms with Crippen molar-refractivity contribution in [1.29, 1.82) is 0 Å². The van der Waals surface area contributed by atoms with E-state index in [0.717, 1.165) is 5.56 Å². The minimum Gasteiger partial charge on any atom is -0.481 e. The van der Waals surface area contributed by atoms with E-state index in [1.165, 1.54) is 0 Å². The Bertz CT molecular complexity index is 590. The molecule has 0 radical (unpaired) electrons. The molecule has 3 rings (SSSR count). The Labute approximate surface area is 148 Å². The van der Waals surface area contributed by atoms with Gasteiger partial charge in [0.25, 0.3) is 0 Å². The van der Waals surface area contributed by atoms with Gasteiger partial charge in [0.2, 0.25) is 0 Å². The molecule has 0 spiro atoms. The molecule has 0 aromatic heterocycles. The second-order valence-corrected chi connectivity index (χ2v) is 7.70. The minimum absolute atomic E-state index is 0.0122. The lowest BCUT2D eigenvalue weighted by Gasteiger charge is -2.23. The number of rotatable bonds is 5. The molecular formula is C17H19IO5. The first-order chi connectivity index (χ1) is 11.0. The van der Waals surface area contributed by atoms with Gasteiger partial charge in [-0.3, -0.25) is 9.59 Å². The summed E-state index contributed by atoms with van der Waals surface area (Å²) in [7, 11) is 0. The number of esters is 1. The van der Waals surface area contributed by atoms with Crippen LogP contribution >= 0.6 is 22.6 Å². The van der Waals surface area contributed by atoms with E-state index in [1.54, 1.807) is 0 Å². The average Bonchev–Trinajstić information content (AvgIpc) is 2.97. The van der Waals surface area contributed by atoms with E-state index in [4.69, 9.17) is 9.47 Å². The smallest absolute Gasteiger partial charge is 0.321 e. The summed E-state index contributed by atoms with van der Waals surface area (Å²) >= 11 is 2.27. The Balaban J connectivity index is 1.69. The van der Waals surface area contributed by atoms with Crippen LogP contribution in [0.1, 0.15) is 12.5 Å². The topological polar surface area (TPSA) is 72.8 Å². The molecule has 2 fully saturated rings. The largest absolute Gasteiger partial charge is 0.481 e. The minimum atomic E-state index is -1.09. The Kier molecular flexibility index (Phi) is 4.91. The molecule has 6 atom stereocenters. The molecule has 6 heteroatoms. The SMILES string of the molecule is C[C@H]1[C@@H](I)[C@@H]2OC(=O)C(C(=O)O)[C@@H]2[C@@H]1COCc1ccccc1. The normalized spacial score (nSPS) is 35.8. The van der Waals surface area contributed by atoms with Crippen molar-refractivity contribution in [3.05, 3.63) is 35.9 Å². The van der Waals surface area contributed by atoms with Gasteiger partial charge in [-0.1, -0.05) is 59.8 Å². The predicted molar refractivity (Wildman–Crippen MR) is 91.1 cm³/mol. The summed E-state index contributed by atoms with van der Waals surface area (Å²) in [5.41, 5.74) is 1.08. The molecule has 23 heavy (non-hydrogen) atoms. The van der Waals surface area contributed by atoms with Gasteiger partial charge in [-0.25, -0.2) is 0 Å². The fourth-order valence-electron chi connectivity index (χ4n) is 3.70. The van der Waals surface area contributed by atoms with Crippen LogP contribution in [0.2, 0.25) is 0 Å². The lowest BCUT2D eigenvalue weighted by molar-refractivity contribution is -0.154. The summed E-state index contributed by atoms with van der Waals surface area (Å²) in [6.07, 6.45) is -0.315. The van der Waals surface area contributed by atoms with Gasteiger partial charge in [0.1, 0.15) is 6.10 Å². The molecule has 1 heterocycles. The summed E-state index contributed by atoms with van der Waals surface area (Å²) in [6.45, 7) is 3.01. The summed E-state index contributed by atoms with van der Waals surface area (Å²) < 4.78 is 11.3. The molecule has 0 bridgehead atoms. The second-order valence-electron chi connectivity index (χ2n) is 6.26. The summed E-state index contributed by atoms with van der Waals surface area (Å²) in [5, 5.41) is 9.38. The maximum Gasteiger partial charge on any atom is 0.321 e. The van der Waals surface area contributed by atoms with E-state index in [9.17, 15) is 14.7 Å². The van der Waals surface area contributed by atoms with Crippen molar-refractivity contribution in [3.8, 4) is 0 Å². The number of ether oxygens (including phenoxy) is 2. The van der Waals surface area contributed by atoms with Crippen molar-refractivity contribution < 1.29 is 24.2 Å². The van der Waals surface area contributed by atoms with Gasteiger partial charge in [-0.2, -0.15) is 0 Å². The highest BCUT2D eigenvalue weighted by atomic mass is 127. The lowest BCUT2D eigenvalue weighted by Crippen LogP contribution is -2.32. The van der Waals surface area contributed by atoms with Crippen LogP contribution in [-0.2, 0) is 25.7 Å². The van der Waals surface area contributed by atoms with Gasteiger partial charge in [-0.05, 0) is 17.4 Å². The van der Waals surface area contributed by atoms with Crippen LogP contribution in [0.3, 0.4) is 0 Å². The molecule has 0 amide bonds. The number of carbonyl (C=O) groups is 2. The number of benzene rings is 1. The third-order valence-corrected chi connectivity index (χ3v) is 6.79. The standard InChI is InChI=1S/C17H19IO5/c1-9-11(8-22-7-10-5-3-2-4-6-10)12-13(16(19)20)17(21)23-15(12)14(9)18/h2-6,9,11-15H,7-8H2,1H3,(H,19,20)/t9-,11-,12+,13?,14-,15-/m1/s1. The van der Waals surface area contributed by atoms with E-state index in [0.29, 0.717) is 13.2 Å². The van der Waals surface area contributed by atoms with Crippen LogP contribution in [-0.4, -0.2) is 33.7 Å². The molecule has 1 aliphatic heterocycles. The van der Waals surface area contributed by atoms with Crippen molar-refractivity contribution in [2.45, 2.75) is 23.6 Å². The molecular weight excluding hydrogens is 411 g/mol. The van der Waals surface area contributed by atoms with E-state index < -0.39 is 17.9 Å². The zero-order valence-electron chi connectivity index (χ0n) is 12.7. The van der Waals surface area contributed by atoms with Crippen molar-refractivity contribution in [2.24, 2.45) is 23.7 Å². The number of carboxylic acid groups (broad SMARTS) is 1. The third-order valence-electron chi connectivity index (χ3n) is 4.94. The number of hydrogen-bond acceptors (Lipinski definition) is 4. The van der Waals surface area contributed by atoms with Crippen molar-refractivity contribution in [2.75, 3.05) is 6.61 Å². The predicted octanol–water partition coefficient (Wildman–Crippen LogP) is 2.52. The average molecular weight is 430 g/mol. The van der Waals surface area contributed by atoms with Crippen molar-refractivity contribution in [1.82, 2.24) is 0 Å². The highest BCUT2D eigenvalue weighted by Crippen LogP contribution is 2.50. The van der Waals surface area contributed by atoms with E-state index in [-0.39, 0.29) is 27.8 Å². The lowest BCUT2D eigenvalue weighted by atomic mass is 9.82. The Morgan fingerprint density at radius 2 is 2.04 bits per heavy atom. The molecule has 124 valence electrons. The molecule has 5 nitrogen and oxygen atoms in total. The van der Waals surface area contributed by atoms with Gasteiger partial charge < -0.3 is 14.6 Å². The van der Waals surface area contributed by atoms with Crippen LogP contribution in [0.5, 0.6) is 0 Å². The Hall–Kier alpha value is -1.15. The quantitative estimate of drug-likeness (QED) is 0.337. The van der Waals surface area contributed by atoms with Crippen LogP contribution in [0.15, 0.2) is 30.3 Å². The molecule has 1 aromatic carbocycles. The van der Waals surface area contributed by atoms with Gasteiger partial charge in [-0.15, -0.1) is 0 Å². The zero-order chi connectivity index (χ0) is 16.6. The Morgan fingerprint density at radius 1 is 1.35 bits per heavy atom. The van der Waals surface area contributed by atoms with Gasteiger partial charge in [0.15, 0.2) is 5.92 Å². The summed E-state index contributed by atoms with van der Waals surface area (Å²) in [5.74, 6) is -2.79. The molecule has 1 aromatic rings. The number of fused-ring (bicyclic) bond motifs is 1. The highest BCUT2D eigenvalue weighted by molar-refractivity contribution is 14.1. The molecule has 1 saturated heterocycles. The van der Waals surface area contributed by atoms with E-state index >= 15 is 0 Å². The molecule has 1 N–H and O–H groups in total. The molecule has 1 unspecified atom stereocenters. The van der Waals surface area contributed by atoms with E-state index in [2.05, 4.69) is 29.5 Å². The number of halogens is 1. The van der Waals surface area contributed by atoms with Crippen LogP contribution < -0.4 is 0 Å². The van der Waals surface area contributed by atoms with Crippen LogP contribution in [0, 0.1) is 23.7 Å². The van der Waals surface area contributed by atoms with Crippen molar-refractivity contribution >= 4 is 34.5 Å². The molecule has 1 saturated carbocycles. The number of carbonyl (C=O) groups excluding carboxylic acids is 1. The number of hydrogen-bond donors (Lipinski definition) is 1. The first kappa shape index (κ1) is 16.7. The maximum absolute atomic E-state index is 11.9. The van der Waals surface area contributed by atoms with Crippen LogP contribution in [0.25, 0.3) is 0 Å². The second kappa shape index (κ2) is 6.76. The maximum atomic E-state index is 11.9. The van der Waals surface area contributed by atoms with Gasteiger partial charge in [0.05, 0.1) is 17.1 Å². The zero-order valence-corrected chi connectivity index (χ0v) is 14.9. The first-order valence-electron chi connectivity index (χ1n) is 7.69. The fourth-order valence-corrected chi connectivity index (χ4v) is 4.86. The van der Waals surface area contributed by atoms with Gasteiger partial charge >= 0.3 is 11.9 Å². The van der Waals surface area contributed by atoms with Crippen molar-refractivity contribution in [3.63, 3.8) is 0 Å². The fraction of sp³-hybridized carbons (Fsp3) is 0.529. The van der Waals surface area contributed by atoms with Crippen LogP contribution in [0.4, 0.5) is 0 Å².